The molecule has 0 aliphatic rings. The number of aromatic nitrogens is 2. The zero-order chi connectivity index (χ0) is 16.3. The predicted octanol–water partition coefficient (Wildman–Crippen LogP) is 2.37. The van der Waals surface area contributed by atoms with Gasteiger partial charge in [-0.2, -0.15) is 0 Å². The van der Waals surface area contributed by atoms with Crippen LogP contribution in [0.5, 0.6) is 0 Å². The number of anilines is 1. The SMILES string of the molecule is Cc1cc(C)c(NC(=O)CN(C)Cc2nnc(C)o2)c(C)c1. The number of aryl methyl sites for hydroxylation is 4. The second kappa shape index (κ2) is 6.70. The smallest absolute Gasteiger partial charge is 0.238 e. The molecule has 6 nitrogen and oxygen atoms in total. The van der Waals surface area contributed by atoms with Crippen LogP contribution in [0.3, 0.4) is 0 Å². The van der Waals surface area contributed by atoms with Gasteiger partial charge < -0.3 is 9.73 Å². The number of hydrogen-bond donors (Lipinski definition) is 1. The van der Waals surface area contributed by atoms with E-state index in [1.807, 2.05) is 32.7 Å². The first-order valence-electron chi connectivity index (χ1n) is 7.20. The molecule has 0 saturated heterocycles. The lowest BCUT2D eigenvalue weighted by Gasteiger charge is -2.16. The largest absolute Gasteiger partial charge is 0.424 e. The van der Waals surface area contributed by atoms with Gasteiger partial charge in [0.1, 0.15) is 0 Å². The maximum absolute atomic E-state index is 12.2. The standard InChI is InChI=1S/C16H22N4O2/c1-10-6-11(2)16(12(3)7-10)17-14(21)8-20(5)9-15-19-18-13(4)22-15/h6-7H,8-9H2,1-5H3,(H,17,21). The van der Waals surface area contributed by atoms with Crippen molar-refractivity contribution in [2.24, 2.45) is 0 Å². The number of nitrogens with zero attached hydrogens (tertiary/aromatic N) is 3. The average Bonchev–Trinajstić information content (AvgIpc) is 2.79. The zero-order valence-electron chi connectivity index (χ0n) is 13.7. The van der Waals surface area contributed by atoms with Crippen molar-refractivity contribution in [2.45, 2.75) is 34.2 Å². The molecule has 0 bridgehead atoms. The van der Waals surface area contributed by atoms with Gasteiger partial charge in [0.15, 0.2) is 0 Å². The van der Waals surface area contributed by atoms with Crippen molar-refractivity contribution in [1.82, 2.24) is 15.1 Å². The summed E-state index contributed by atoms with van der Waals surface area (Å²) < 4.78 is 5.31. The van der Waals surface area contributed by atoms with Gasteiger partial charge >= 0.3 is 0 Å². The second-order valence-electron chi connectivity index (χ2n) is 5.71. The summed E-state index contributed by atoms with van der Waals surface area (Å²) in [6.45, 7) is 8.49. The minimum Gasteiger partial charge on any atom is -0.424 e. The van der Waals surface area contributed by atoms with Gasteiger partial charge in [-0.3, -0.25) is 9.69 Å². The molecule has 1 amide bonds. The van der Waals surface area contributed by atoms with Crippen LogP contribution >= 0.6 is 0 Å². The Morgan fingerprint density at radius 2 is 1.82 bits per heavy atom. The van der Waals surface area contributed by atoms with E-state index >= 15 is 0 Å². The van der Waals surface area contributed by atoms with Crippen molar-refractivity contribution in [3.8, 4) is 0 Å². The summed E-state index contributed by atoms with van der Waals surface area (Å²) in [5, 5.41) is 10.7. The molecule has 118 valence electrons. The molecule has 0 radical (unpaired) electrons. The van der Waals surface area contributed by atoms with E-state index in [2.05, 4.69) is 27.6 Å². The van der Waals surface area contributed by atoms with Gasteiger partial charge in [-0.25, -0.2) is 0 Å². The van der Waals surface area contributed by atoms with Gasteiger partial charge in [0.2, 0.25) is 17.7 Å². The quantitative estimate of drug-likeness (QED) is 0.918. The van der Waals surface area contributed by atoms with Crippen LogP contribution in [0.1, 0.15) is 28.5 Å². The highest BCUT2D eigenvalue weighted by atomic mass is 16.4. The first kappa shape index (κ1) is 16.2. The molecule has 0 atom stereocenters. The third-order valence-electron chi connectivity index (χ3n) is 3.33. The Balaban J connectivity index is 1.95. The minimum absolute atomic E-state index is 0.0613. The van der Waals surface area contributed by atoms with Crippen LogP contribution in [0.25, 0.3) is 0 Å². The number of hydrogen-bond acceptors (Lipinski definition) is 5. The van der Waals surface area contributed by atoms with Crippen LogP contribution in [0.15, 0.2) is 16.5 Å². The van der Waals surface area contributed by atoms with Crippen LogP contribution < -0.4 is 5.32 Å². The molecule has 2 rings (SSSR count). The molecule has 0 spiro atoms. The van der Waals surface area contributed by atoms with E-state index in [0.717, 1.165) is 16.8 Å². The van der Waals surface area contributed by atoms with Gasteiger partial charge in [0, 0.05) is 12.6 Å². The van der Waals surface area contributed by atoms with E-state index in [4.69, 9.17) is 4.42 Å². The van der Waals surface area contributed by atoms with Crippen LogP contribution in [0.4, 0.5) is 5.69 Å². The Morgan fingerprint density at radius 3 is 2.36 bits per heavy atom. The van der Waals surface area contributed by atoms with Crippen molar-refractivity contribution >= 4 is 11.6 Å². The topological polar surface area (TPSA) is 71.3 Å². The van der Waals surface area contributed by atoms with Crippen molar-refractivity contribution in [1.29, 1.82) is 0 Å². The number of likely N-dealkylation sites (N-methyl/N-ethyl adjacent to an activating group) is 1. The summed E-state index contributed by atoms with van der Waals surface area (Å²) in [5.74, 6) is 0.975. The van der Waals surface area contributed by atoms with Gasteiger partial charge in [0.05, 0.1) is 13.1 Å². The number of carbonyl (C=O) groups is 1. The molecule has 0 saturated carbocycles. The fourth-order valence-electron chi connectivity index (χ4n) is 2.49. The molecule has 0 aliphatic heterocycles. The molecule has 0 unspecified atom stereocenters. The van der Waals surface area contributed by atoms with Crippen LogP contribution in [-0.4, -0.2) is 34.6 Å². The van der Waals surface area contributed by atoms with Gasteiger partial charge in [0.25, 0.3) is 0 Å². The average molecular weight is 302 g/mol. The third-order valence-corrected chi connectivity index (χ3v) is 3.33. The Hall–Kier alpha value is -2.21. The molecule has 1 heterocycles. The van der Waals surface area contributed by atoms with E-state index in [-0.39, 0.29) is 12.5 Å². The summed E-state index contributed by atoms with van der Waals surface area (Å²) in [5.41, 5.74) is 4.22. The Morgan fingerprint density at radius 1 is 1.18 bits per heavy atom. The molecular formula is C16H22N4O2. The summed E-state index contributed by atoms with van der Waals surface area (Å²) >= 11 is 0. The van der Waals surface area contributed by atoms with Gasteiger partial charge in [-0.15, -0.1) is 10.2 Å². The van der Waals surface area contributed by atoms with E-state index in [1.165, 1.54) is 5.56 Å². The zero-order valence-corrected chi connectivity index (χ0v) is 13.7. The van der Waals surface area contributed by atoms with E-state index in [0.29, 0.717) is 18.3 Å². The van der Waals surface area contributed by atoms with Crippen molar-refractivity contribution in [3.05, 3.63) is 40.6 Å². The van der Waals surface area contributed by atoms with Crippen molar-refractivity contribution < 1.29 is 9.21 Å². The van der Waals surface area contributed by atoms with E-state index < -0.39 is 0 Å². The summed E-state index contributed by atoms with van der Waals surface area (Å²) in [7, 11) is 1.84. The molecule has 1 aromatic carbocycles. The number of rotatable bonds is 5. The van der Waals surface area contributed by atoms with Crippen LogP contribution in [0, 0.1) is 27.7 Å². The second-order valence-corrected chi connectivity index (χ2v) is 5.71. The van der Waals surface area contributed by atoms with Gasteiger partial charge in [-0.05, 0) is 38.9 Å². The molecule has 1 N–H and O–H groups in total. The molecule has 0 fully saturated rings. The highest BCUT2D eigenvalue weighted by molar-refractivity contribution is 5.93. The highest BCUT2D eigenvalue weighted by Crippen LogP contribution is 2.21. The lowest BCUT2D eigenvalue weighted by atomic mass is 10.1. The first-order valence-corrected chi connectivity index (χ1v) is 7.20. The number of benzene rings is 1. The normalized spacial score (nSPS) is 11.0. The lowest BCUT2D eigenvalue weighted by molar-refractivity contribution is -0.117. The highest BCUT2D eigenvalue weighted by Gasteiger charge is 2.13. The van der Waals surface area contributed by atoms with Crippen LogP contribution in [0.2, 0.25) is 0 Å². The molecule has 2 aromatic rings. The minimum atomic E-state index is -0.0613. The van der Waals surface area contributed by atoms with Crippen LogP contribution in [-0.2, 0) is 11.3 Å². The molecule has 22 heavy (non-hydrogen) atoms. The summed E-state index contributed by atoms with van der Waals surface area (Å²) in [6.07, 6.45) is 0. The maximum Gasteiger partial charge on any atom is 0.238 e. The summed E-state index contributed by atoms with van der Waals surface area (Å²) in [6, 6.07) is 4.13. The molecule has 0 aliphatic carbocycles. The van der Waals surface area contributed by atoms with E-state index in [1.54, 1.807) is 6.92 Å². The Bertz CT molecular complexity index is 656. The Kier molecular flexibility index (Phi) is 4.92. The lowest BCUT2D eigenvalue weighted by Crippen LogP contribution is -2.30. The maximum atomic E-state index is 12.2. The molecule has 6 heteroatoms. The predicted molar refractivity (Wildman–Crippen MR) is 84.7 cm³/mol. The number of carbonyl (C=O) groups excluding carboxylic acids is 1. The fourth-order valence-corrected chi connectivity index (χ4v) is 2.49. The molecular weight excluding hydrogens is 280 g/mol. The number of amides is 1. The molecule has 1 aromatic heterocycles. The Labute approximate surface area is 130 Å². The number of nitrogens with one attached hydrogen (secondary N) is 1. The van der Waals surface area contributed by atoms with E-state index in [9.17, 15) is 4.79 Å². The summed E-state index contributed by atoms with van der Waals surface area (Å²) in [4.78, 5) is 14.0. The monoisotopic (exact) mass is 302 g/mol. The fraction of sp³-hybridized carbons (Fsp3) is 0.438. The third kappa shape index (κ3) is 4.14. The van der Waals surface area contributed by atoms with Crippen molar-refractivity contribution in [3.63, 3.8) is 0 Å². The van der Waals surface area contributed by atoms with Gasteiger partial charge in [-0.1, -0.05) is 17.7 Å². The first-order chi connectivity index (χ1) is 10.3. The van der Waals surface area contributed by atoms with Crippen molar-refractivity contribution in [2.75, 3.05) is 18.9 Å².